The third kappa shape index (κ3) is 3.16. The molecular weight excluding hydrogens is 228 g/mol. The summed E-state index contributed by atoms with van der Waals surface area (Å²) in [6, 6.07) is 6.29. The van der Waals surface area contributed by atoms with Gasteiger partial charge in [0.25, 0.3) is 0 Å². The minimum atomic E-state index is -2.88. The van der Waals surface area contributed by atoms with Crippen LogP contribution >= 0.6 is 0 Å². The van der Waals surface area contributed by atoms with E-state index < -0.39 is 15.8 Å². The summed E-state index contributed by atoms with van der Waals surface area (Å²) >= 11 is 0. The minimum absolute atomic E-state index is 0.211. The Balaban J connectivity index is 2.86. The van der Waals surface area contributed by atoms with Gasteiger partial charge in [0, 0.05) is 10.6 Å². The van der Waals surface area contributed by atoms with Crippen LogP contribution in [0.15, 0.2) is 29.2 Å². The Hall–Kier alpha value is -1.69. The highest BCUT2D eigenvalue weighted by molar-refractivity contribution is 7.99. The summed E-state index contributed by atoms with van der Waals surface area (Å²) in [5.74, 6) is 3.47. The summed E-state index contributed by atoms with van der Waals surface area (Å²) in [4.78, 5) is 11.5. The molecule has 16 heavy (non-hydrogen) atoms. The van der Waals surface area contributed by atoms with E-state index in [0.29, 0.717) is 10.6 Å². The number of nitrogens with one attached hydrogen (secondary N) is 1. The largest absolute Gasteiger partial charge is 0.449 e. The van der Waals surface area contributed by atoms with Gasteiger partial charge in [-0.05, 0) is 37.1 Å². The van der Waals surface area contributed by atoms with Crippen LogP contribution < -0.4 is 10.5 Å². The number of ether oxygens (including phenoxy) is 1. The lowest BCUT2D eigenvalue weighted by Crippen LogP contribution is -2.30. The molecule has 0 aliphatic heterocycles. The van der Waals surface area contributed by atoms with Gasteiger partial charge in [0.15, 0.2) is 0 Å². The van der Waals surface area contributed by atoms with Crippen LogP contribution in [0.1, 0.15) is 6.92 Å². The molecule has 1 aromatic rings. The van der Waals surface area contributed by atoms with Crippen molar-refractivity contribution >= 4 is 27.4 Å². The Kier molecular flexibility index (Phi) is 3.78. The number of benzene rings is 1. The number of carbonyl (C=O) groups is 1. The van der Waals surface area contributed by atoms with Crippen molar-refractivity contribution in [3.05, 3.63) is 24.3 Å². The normalized spacial score (nSPS) is 13.8. The van der Waals surface area contributed by atoms with Gasteiger partial charge in [0.2, 0.25) is 0 Å². The molecule has 0 aromatic heterocycles. The average Bonchev–Trinajstić information content (AvgIpc) is 2.17. The maximum Gasteiger partial charge on any atom is 0.418 e. The zero-order valence-corrected chi connectivity index (χ0v) is 9.75. The second-order valence-electron chi connectivity index (χ2n) is 3.07. The highest BCUT2D eigenvalue weighted by Crippen LogP contribution is 2.11. The molecule has 0 saturated carbocycles. The quantitative estimate of drug-likeness (QED) is 0.612. The van der Waals surface area contributed by atoms with Gasteiger partial charge < -0.3 is 10.5 Å². The highest BCUT2D eigenvalue weighted by Gasteiger charge is 2.11. The summed E-state index contributed by atoms with van der Waals surface area (Å²) in [5.41, 5.74) is 6.04. The van der Waals surface area contributed by atoms with E-state index in [9.17, 15) is 9.00 Å². The van der Waals surface area contributed by atoms with Crippen molar-refractivity contribution in [2.24, 2.45) is 0 Å². The Morgan fingerprint density at radius 2 is 2.06 bits per heavy atom. The van der Waals surface area contributed by atoms with Gasteiger partial charge in [-0.2, -0.15) is 0 Å². The van der Waals surface area contributed by atoms with Crippen molar-refractivity contribution < 1.29 is 13.7 Å². The van der Waals surface area contributed by atoms with Crippen molar-refractivity contribution in [2.75, 3.05) is 12.3 Å². The molecule has 0 fully saturated rings. The molecule has 5 nitrogen and oxygen atoms in total. The first-order chi connectivity index (χ1) is 7.45. The second kappa shape index (κ2) is 4.89. The smallest absolute Gasteiger partial charge is 0.418 e. The highest BCUT2D eigenvalue weighted by atomic mass is 32.2. The number of hydrogen-bond donors (Lipinski definition) is 2. The van der Waals surface area contributed by atoms with Crippen molar-refractivity contribution in [1.29, 1.82) is 0 Å². The molecule has 6 heteroatoms. The topological polar surface area (TPSA) is 81.4 Å². The van der Waals surface area contributed by atoms with Crippen LogP contribution in [0.4, 0.5) is 10.5 Å². The molecule has 1 aromatic carbocycles. The van der Waals surface area contributed by atoms with Gasteiger partial charge in [-0.1, -0.05) is 0 Å². The van der Waals surface area contributed by atoms with Gasteiger partial charge in [-0.15, -0.1) is 0 Å². The number of rotatable bonds is 3. The molecule has 0 bridgehead atoms. The summed E-state index contributed by atoms with van der Waals surface area (Å²) in [6.45, 7) is 1.87. The van der Waals surface area contributed by atoms with Gasteiger partial charge >= 0.3 is 6.09 Å². The fourth-order valence-corrected chi connectivity index (χ4v) is 2.06. The zero-order chi connectivity index (χ0) is 12.2. The van der Waals surface area contributed by atoms with E-state index in [-0.39, 0.29) is 6.61 Å². The monoisotopic (exact) mass is 242 g/mol. The lowest BCUT2D eigenvalue weighted by Gasteiger charge is -2.11. The predicted molar refractivity (Wildman–Crippen MR) is 64.5 cm³/mol. The molecule has 0 aliphatic rings. The van der Waals surface area contributed by atoms with Crippen LogP contribution in [-0.2, 0) is 14.4 Å². The molecule has 1 amide bonds. The molecule has 3 N–H and O–H groups in total. The van der Waals surface area contributed by atoms with Crippen LogP contribution in [0, 0.1) is 0 Å². The molecule has 1 rings (SSSR count). The maximum atomic E-state index is 12.0. The molecular formula is C10H14N2O3S. The Morgan fingerprint density at radius 3 is 2.56 bits per heavy atom. The Bertz CT molecular complexity index is 465. The summed E-state index contributed by atoms with van der Waals surface area (Å²) in [7, 11) is -2.88. The van der Waals surface area contributed by atoms with E-state index in [1.165, 1.54) is 0 Å². The van der Waals surface area contributed by atoms with Crippen molar-refractivity contribution in [3.63, 3.8) is 0 Å². The van der Waals surface area contributed by atoms with Crippen LogP contribution in [0.2, 0.25) is 0 Å². The lowest BCUT2D eigenvalue weighted by atomic mass is 10.3. The molecule has 0 heterocycles. The van der Waals surface area contributed by atoms with Crippen LogP contribution in [0.3, 0.4) is 0 Å². The van der Waals surface area contributed by atoms with Gasteiger partial charge in [0.05, 0.1) is 16.3 Å². The average molecular weight is 242 g/mol. The standard InChI is InChI=1S/C10H14N2O3S/c1-3-15-10(13)12-16(2,14)9-6-4-8(11)5-7-9/h4-7H,2-3,11H2,1H3,(H,12,13,14). The summed E-state index contributed by atoms with van der Waals surface area (Å²) < 4.78 is 18.9. The number of carbonyl (C=O) groups excluding carboxylic acids is 1. The minimum Gasteiger partial charge on any atom is -0.449 e. The number of nitrogens with two attached hydrogens (primary N) is 1. The molecule has 0 saturated heterocycles. The van der Waals surface area contributed by atoms with E-state index in [2.05, 4.69) is 15.3 Å². The summed E-state index contributed by atoms with van der Waals surface area (Å²) in [5, 5.41) is 0. The number of nitrogen functional groups attached to an aromatic ring is 1. The van der Waals surface area contributed by atoms with Crippen LogP contribution in [0.5, 0.6) is 0 Å². The van der Waals surface area contributed by atoms with E-state index >= 15 is 0 Å². The Labute approximate surface area is 94.7 Å². The van der Waals surface area contributed by atoms with Crippen molar-refractivity contribution in [3.8, 4) is 0 Å². The summed E-state index contributed by atoms with van der Waals surface area (Å²) in [6.07, 6.45) is -0.751. The molecule has 1 atom stereocenters. The first kappa shape index (κ1) is 12.4. The third-order valence-corrected chi connectivity index (χ3v) is 3.31. The van der Waals surface area contributed by atoms with E-state index in [1.54, 1.807) is 31.2 Å². The molecule has 1 unspecified atom stereocenters. The van der Waals surface area contributed by atoms with Crippen molar-refractivity contribution in [2.45, 2.75) is 11.8 Å². The van der Waals surface area contributed by atoms with Crippen LogP contribution in [-0.4, -0.2) is 22.8 Å². The van der Waals surface area contributed by atoms with E-state index in [4.69, 9.17) is 5.73 Å². The first-order valence-electron chi connectivity index (χ1n) is 4.63. The third-order valence-electron chi connectivity index (χ3n) is 1.78. The van der Waals surface area contributed by atoms with Gasteiger partial charge in [-0.3, -0.25) is 0 Å². The second-order valence-corrected chi connectivity index (χ2v) is 5.09. The fraction of sp³-hybridized carbons (Fsp3) is 0.200. The first-order valence-corrected chi connectivity index (χ1v) is 6.35. The van der Waals surface area contributed by atoms with E-state index in [1.807, 2.05) is 0 Å². The van der Waals surface area contributed by atoms with Crippen LogP contribution in [0.25, 0.3) is 0 Å². The van der Waals surface area contributed by atoms with Gasteiger partial charge in [0.1, 0.15) is 0 Å². The number of hydrogen-bond acceptors (Lipinski definition) is 4. The SMILES string of the molecule is C=S(=O)(NC(=O)OCC)c1ccc(N)cc1. The zero-order valence-electron chi connectivity index (χ0n) is 8.93. The molecule has 88 valence electrons. The van der Waals surface area contributed by atoms with Gasteiger partial charge in [-0.25, -0.2) is 13.7 Å². The maximum absolute atomic E-state index is 12.0. The number of amides is 1. The lowest BCUT2D eigenvalue weighted by molar-refractivity contribution is 0.159. The predicted octanol–water partition coefficient (Wildman–Crippen LogP) is 1.01. The molecule has 0 spiro atoms. The molecule has 0 aliphatic carbocycles. The number of anilines is 1. The fourth-order valence-electron chi connectivity index (χ4n) is 1.04. The van der Waals surface area contributed by atoms with E-state index in [0.717, 1.165) is 0 Å². The van der Waals surface area contributed by atoms with Crippen molar-refractivity contribution in [1.82, 2.24) is 4.72 Å². The Morgan fingerprint density at radius 1 is 1.50 bits per heavy atom. The molecule has 0 radical (unpaired) electrons.